The Kier molecular flexibility index (Phi) is 4.53. The topological polar surface area (TPSA) is 66.4 Å². The quantitative estimate of drug-likeness (QED) is 0.889. The van der Waals surface area contributed by atoms with Gasteiger partial charge in [-0.3, -0.25) is 0 Å². The summed E-state index contributed by atoms with van der Waals surface area (Å²) in [5.41, 5.74) is 0.520. The number of hydrogen-bond acceptors (Lipinski definition) is 4. The molecule has 2 unspecified atom stereocenters. The van der Waals surface area contributed by atoms with Crippen LogP contribution in [0.4, 0.5) is 0 Å². The van der Waals surface area contributed by atoms with Gasteiger partial charge in [0.25, 0.3) is 0 Å². The van der Waals surface area contributed by atoms with Gasteiger partial charge in [-0.05, 0) is 18.2 Å². The summed E-state index contributed by atoms with van der Waals surface area (Å²) in [6, 6.07) is 4.57. The van der Waals surface area contributed by atoms with E-state index < -0.39 is 15.9 Å². The zero-order valence-electron chi connectivity index (χ0n) is 9.88. The Hall–Kier alpha value is -0.590. The minimum atomic E-state index is -3.09. The normalized spacial score (nSPS) is 22.6. The lowest BCUT2D eigenvalue weighted by Gasteiger charge is -2.16. The first-order valence-electron chi connectivity index (χ1n) is 5.65. The molecule has 0 radical (unpaired) electrons. The fraction of sp³-hybridized carbons (Fsp3) is 0.333. The van der Waals surface area contributed by atoms with Gasteiger partial charge in [-0.15, -0.1) is 0 Å². The molecule has 2 atom stereocenters. The zero-order valence-corrected chi connectivity index (χ0v) is 12.2. The molecule has 1 aliphatic rings. The van der Waals surface area contributed by atoms with Crippen LogP contribution in [0.25, 0.3) is 0 Å². The summed E-state index contributed by atoms with van der Waals surface area (Å²) in [6.45, 7) is 0.199. The van der Waals surface area contributed by atoms with Crippen molar-refractivity contribution < 1.29 is 13.5 Å². The van der Waals surface area contributed by atoms with Gasteiger partial charge in [-0.1, -0.05) is 29.3 Å². The highest BCUT2D eigenvalue weighted by Crippen LogP contribution is 2.26. The zero-order chi connectivity index (χ0) is 14.0. The molecule has 2 N–H and O–H groups in total. The maximum atomic E-state index is 11.2. The van der Waals surface area contributed by atoms with Crippen LogP contribution in [0.5, 0.6) is 0 Å². The van der Waals surface area contributed by atoms with Crippen LogP contribution in [0.3, 0.4) is 0 Å². The Bertz CT molecular complexity index is 601. The highest BCUT2D eigenvalue weighted by molar-refractivity contribution is 7.94. The van der Waals surface area contributed by atoms with Crippen LogP contribution >= 0.6 is 23.2 Å². The van der Waals surface area contributed by atoms with E-state index in [4.69, 9.17) is 23.2 Å². The first kappa shape index (κ1) is 14.8. The Labute approximate surface area is 122 Å². The molecule has 1 aliphatic heterocycles. The lowest BCUT2D eigenvalue weighted by molar-refractivity contribution is 0.173. The fourth-order valence-electron chi connectivity index (χ4n) is 1.85. The molecular formula is C12H13Cl2NO3S. The van der Waals surface area contributed by atoms with E-state index in [1.165, 1.54) is 5.41 Å². The molecule has 0 saturated carbocycles. The SMILES string of the molecule is O=S1(=O)C=CC(NCC(O)c2cc(Cl)ccc2Cl)C1. The molecule has 7 heteroatoms. The molecule has 1 heterocycles. The number of halogens is 2. The number of sulfone groups is 1. The van der Waals surface area contributed by atoms with Crippen molar-refractivity contribution in [2.24, 2.45) is 0 Å². The summed E-state index contributed by atoms with van der Waals surface area (Å²) in [7, 11) is -3.09. The summed E-state index contributed by atoms with van der Waals surface area (Å²) in [6.07, 6.45) is 0.727. The minimum Gasteiger partial charge on any atom is -0.387 e. The van der Waals surface area contributed by atoms with E-state index in [9.17, 15) is 13.5 Å². The van der Waals surface area contributed by atoms with Gasteiger partial charge in [0.15, 0.2) is 9.84 Å². The summed E-state index contributed by atoms with van der Waals surface area (Å²) in [5, 5.41) is 15.1. The molecule has 19 heavy (non-hydrogen) atoms. The Morgan fingerprint density at radius 1 is 1.42 bits per heavy atom. The van der Waals surface area contributed by atoms with Crippen molar-refractivity contribution in [2.45, 2.75) is 12.1 Å². The molecule has 1 aromatic carbocycles. The third kappa shape index (κ3) is 3.94. The molecule has 2 rings (SSSR count). The molecule has 0 fully saturated rings. The van der Waals surface area contributed by atoms with Crippen LogP contribution < -0.4 is 5.32 Å². The van der Waals surface area contributed by atoms with Gasteiger partial charge < -0.3 is 10.4 Å². The second-order valence-electron chi connectivity index (χ2n) is 4.35. The Morgan fingerprint density at radius 3 is 2.79 bits per heavy atom. The lowest BCUT2D eigenvalue weighted by atomic mass is 10.1. The van der Waals surface area contributed by atoms with Crippen molar-refractivity contribution in [3.63, 3.8) is 0 Å². The van der Waals surface area contributed by atoms with E-state index in [0.29, 0.717) is 15.6 Å². The molecule has 0 saturated heterocycles. The van der Waals surface area contributed by atoms with Gasteiger partial charge in [0.1, 0.15) is 0 Å². The first-order valence-corrected chi connectivity index (χ1v) is 8.12. The van der Waals surface area contributed by atoms with Gasteiger partial charge in [0.2, 0.25) is 0 Å². The van der Waals surface area contributed by atoms with Crippen molar-refractivity contribution in [3.05, 3.63) is 45.3 Å². The third-order valence-corrected chi connectivity index (χ3v) is 4.80. The average Bonchev–Trinajstić information content (AvgIpc) is 2.69. The maximum Gasteiger partial charge on any atom is 0.173 e. The van der Waals surface area contributed by atoms with Gasteiger partial charge in [0, 0.05) is 33.6 Å². The summed E-state index contributed by atoms with van der Waals surface area (Å²) in [4.78, 5) is 0. The fourth-order valence-corrected chi connectivity index (χ4v) is 3.54. The summed E-state index contributed by atoms with van der Waals surface area (Å²) >= 11 is 11.8. The standard InChI is InChI=1S/C12H13Cl2NO3S/c13-8-1-2-11(14)10(5-8)12(16)6-15-9-3-4-19(17,18)7-9/h1-5,9,12,15-16H,6-7H2. The van der Waals surface area contributed by atoms with Crippen molar-refractivity contribution >= 4 is 33.0 Å². The van der Waals surface area contributed by atoms with Crippen molar-refractivity contribution in [1.82, 2.24) is 5.32 Å². The predicted octanol–water partition coefficient (Wildman–Crippen LogP) is 1.93. The minimum absolute atomic E-state index is 0.0169. The highest BCUT2D eigenvalue weighted by Gasteiger charge is 2.22. The van der Waals surface area contributed by atoms with E-state index in [0.717, 1.165) is 0 Å². The van der Waals surface area contributed by atoms with E-state index in [1.54, 1.807) is 24.3 Å². The predicted molar refractivity (Wildman–Crippen MR) is 76.1 cm³/mol. The van der Waals surface area contributed by atoms with E-state index in [-0.39, 0.29) is 18.3 Å². The Morgan fingerprint density at radius 2 is 2.16 bits per heavy atom. The second-order valence-corrected chi connectivity index (χ2v) is 7.13. The molecule has 1 aromatic rings. The van der Waals surface area contributed by atoms with Crippen LogP contribution in [-0.2, 0) is 9.84 Å². The van der Waals surface area contributed by atoms with Crippen LogP contribution in [0.1, 0.15) is 11.7 Å². The molecule has 4 nitrogen and oxygen atoms in total. The van der Waals surface area contributed by atoms with Crippen LogP contribution in [0.15, 0.2) is 29.7 Å². The maximum absolute atomic E-state index is 11.2. The smallest absolute Gasteiger partial charge is 0.173 e. The summed E-state index contributed by atoms with van der Waals surface area (Å²) in [5.74, 6) is 0.0169. The first-order chi connectivity index (χ1) is 8.87. The van der Waals surface area contributed by atoms with Crippen LogP contribution in [0.2, 0.25) is 10.0 Å². The number of benzene rings is 1. The molecule has 0 aliphatic carbocycles. The highest BCUT2D eigenvalue weighted by atomic mass is 35.5. The molecule has 0 amide bonds. The van der Waals surface area contributed by atoms with Gasteiger partial charge in [-0.25, -0.2) is 8.42 Å². The van der Waals surface area contributed by atoms with Crippen LogP contribution in [-0.4, -0.2) is 31.9 Å². The van der Waals surface area contributed by atoms with Gasteiger partial charge >= 0.3 is 0 Å². The molecule has 0 bridgehead atoms. The van der Waals surface area contributed by atoms with Crippen LogP contribution in [0, 0.1) is 0 Å². The van der Waals surface area contributed by atoms with Crippen molar-refractivity contribution in [1.29, 1.82) is 0 Å². The molecule has 0 spiro atoms. The number of rotatable bonds is 4. The third-order valence-electron chi connectivity index (χ3n) is 2.82. The van der Waals surface area contributed by atoms with Crippen molar-refractivity contribution in [3.8, 4) is 0 Å². The van der Waals surface area contributed by atoms with Gasteiger partial charge in [0.05, 0.1) is 11.9 Å². The van der Waals surface area contributed by atoms with Gasteiger partial charge in [-0.2, -0.15) is 0 Å². The summed E-state index contributed by atoms with van der Waals surface area (Å²) < 4.78 is 22.5. The molecule has 0 aromatic heterocycles. The number of nitrogens with one attached hydrogen (secondary N) is 1. The average molecular weight is 322 g/mol. The number of aliphatic hydroxyl groups is 1. The van der Waals surface area contributed by atoms with E-state index in [1.807, 2.05) is 0 Å². The van der Waals surface area contributed by atoms with E-state index in [2.05, 4.69) is 5.32 Å². The molecule has 104 valence electrons. The second kappa shape index (κ2) is 5.81. The Balaban J connectivity index is 1.97. The van der Waals surface area contributed by atoms with E-state index >= 15 is 0 Å². The number of aliphatic hydroxyl groups excluding tert-OH is 1. The molecular weight excluding hydrogens is 309 g/mol. The number of hydrogen-bond donors (Lipinski definition) is 2. The monoisotopic (exact) mass is 321 g/mol. The lowest BCUT2D eigenvalue weighted by Crippen LogP contribution is -2.33. The van der Waals surface area contributed by atoms with Crippen molar-refractivity contribution in [2.75, 3.05) is 12.3 Å². The largest absolute Gasteiger partial charge is 0.387 e.